The second kappa shape index (κ2) is 9.48. The van der Waals surface area contributed by atoms with Crippen LogP contribution in [0.3, 0.4) is 0 Å². The lowest BCUT2D eigenvalue weighted by Crippen LogP contribution is -2.20. The molecule has 0 aliphatic rings. The fraction of sp³-hybridized carbons (Fsp3) is 0.158. The van der Waals surface area contributed by atoms with Gasteiger partial charge in [-0.25, -0.2) is 4.79 Å². The van der Waals surface area contributed by atoms with Crippen LogP contribution in [-0.2, 0) is 14.3 Å². The second-order valence-corrected chi connectivity index (χ2v) is 5.55. The molecule has 0 atom stereocenters. The van der Waals surface area contributed by atoms with Crippen LogP contribution in [0.15, 0.2) is 48.5 Å². The molecule has 7 heteroatoms. The Morgan fingerprint density at radius 3 is 2.38 bits per heavy atom. The molecule has 0 radical (unpaired) electrons. The first-order valence-electron chi connectivity index (χ1n) is 7.64. The van der Waals surface area contributed by atoms with Crippen molar-refractivity contribution in [2.45, 2.75) is 0 Å². The van der Waals surface area contributed by atoms with Gasteiger partial charge in [0.1, 0.15) is 0 Å². The van der Waals surface area contributed by atoms with Crippen molar-refractivity contribution in [1.29, 1.82) is 0 Å². The molecule has 0 saturated carbocycles. The number of esters is 1. The monoisotopic (exact) mass is 375 g/mol. The third-order valence-corrected chi connectivity index (χ3v) is 3.55. The number of hydrogen-bond donors (Lipinski definition) is 1. The van der Waals surface area contributed by atoms with E-state index in [4.69, 9.17) is 25.8 Å². The van der Waals surface area contributed by atoms with Gasteiger partial charge in [0.25, 0.3) is 5.91 Å². The fourth-order valence-corrected chi connectivity index (χ4v) is 2.16. The third-order valence-electron chi connectivity index (χ3n) is 3.29. The van der Waals surface area contributed by atoms with Gasteiger partial charge in [-0.1, -0.05) is 23.7 Å². The van der Waals surface area contributed by atoms with E-state index in [1.807, 2.05) is 0 Å². The number of hydrogen-bond acceptors (Lipinski definition) is 5. The van der Waals surface area contributed by atoms with Crippen molar-refractivity contribution in [2.24, 2.45) is 0 Å². The molecule has 0 spiro atoms. The van der Waals surface area contributed by atoms with Crippen LogP contribution in [0, 0.1) is 0 Å². The highest BCUT2D eigenvalue weighted by Crippen LogP contribution is 2.29. The number of anilines is 1. The van der Waals surface area contributed by atoms with Crippen molar-refractivity contribution in [1.82, 2.24) is 0 Å². The Bertz CT molecular complexity index is 802. The summed E-state index contributed by atoms with van der Waals surface area (Å²) < 4.78 is 15.2. The Hall–Kier alpha value is -2.99. The highest BCUT2D eigenvalue weighted by atomic mass is 35.5. The molecule has 6 nitrogen and oxygen atoms in total. The quantitative estimate of drug-likeness (QED) is 0.591. The first-order valence-corrected chi connectivity index (χ1v) is 8.02. The molecule has 0 bridgehead atoms. The minimum atomic E-state index is -0.623. The second-order valence-electron chi connectivity index (χ2n) is 5.11. The maximum Gasteiger partial charge on any atom is 0.331 e. The first kappa shape index (κ1) is 19.3. The Balaban J connectivity index is 1.84. The summed E-state index contributed by atoms with van der Waals surface area (Å²) >= 11 is 5.79. The van der Waals surface area contributed by atoms with E-state index in [9.17, 15) is 9.59 Å². The highest BCUT2D eigenvalue weighted by molar-refractivity contribution is 6.30. The van der Waals surface area contributed by atoms with Crippen LogP contribution >= 0.6 is 11.6 Å². The summed E-state index contributed by atoms with van der Waals surface area (Å²) in [4.78, 5) is 23.6. The maximum absolute atomic E-state index is 11.9. The summed E-state index contributed by atoms with van der Waals surface area (Å²) in [5.41, 5.74) is 1.29. The third kappa shape index (κ3) is 5.82. The predicted octanol–water partition coefficient (Wildman–Crippen LogP) is 3.55. The SMILES string of the molecule is COc1ccc(NC(=O)COC(=O)/C=C/c2ccc(Cl)cc2)cc1OC. The van der Waals surface area contributed by atoms with Gasteiger partial charge in [0, 0.05) is 22.9 Å². The number of ether oxygens (including phenoxy) is 3. The molecule has 0 heterocycles. The Morgan fingerprint density at radius 1 is 1.04 bits per heavy atom. The Labute approximate surface area is 156 Å². The molecule has 2 rings (SSSR count). The van der Waals surface area contributed by atoms with E-state index >= 15 is 0 Å². The lowest BCUT2D eigenvalue weighted by Gasteiger charge is -2.10. The van der Waals surface area contributed by atoms with Gasteiger partial charge in [0.05, 0.1) is 14.2 Å². The molecule has 2 aromatic carbocycles. The summed E-state index contributed by atoms with van der Waals surface area (Å²) in [7, 11) is 3.02. The number of carbonyl (C=O) groups is 2. The molecular weight excluding hydrogens is 358 g/mol. The Kier molecular flexibility index (Phi) is 7.05. The van der Waals surface area contributed by atoms with E-state index in [-0.39, 0.29) is 0 Å². The molecule has 1 N–H and O–H groups in total. The summed E-state index contributed by atoms with van der Waals surface area (Å²) in [6, 6.07) is 11.9. The van der Waals surface area contributed by atoms with Crippen LogP contribution in [0.5, 0.6) is 11.5 Å². The van der Waals surface area contributed by atoms with Crippen molar-refractivity contribution in [3.8, 4) is 11.5 Å². The first-order chi connectivity index (χ1) is 12.5. The molecule has 0 saturated heterocycles. The van der Waals surface area contributed by atoms with Crippen LogP contribution in [-0.4, -0.2) is 32.7 Å². The molecule has 1 amide bonds. The smallest absolute Gasteiger partial charge is 0.331 e. The molecule has 26 heavy (non-hydrogen) atoms. The zero-order chi connectivity index (χ0) is 18.9. The van der Waals surface area contributed by atoms with Crippen molar-refractivity contribution < 1.29 is 23.8 Å². The lowest BCUT2D eigenvalue weighted by atomic mass is 10.2. The summed E-state index contributed by atoms with van der Waals surface area (Å²) in [5.74, 6) is -0.0645. The van der Waals surface area contributed by atoms with Gasteiger partial charge in [0.15, 0.2) is 18.1 Å². The maximum atomic E-state index is 11.9. The van der Waals surface area contributed by atoms with Crippen molar-refractivity contribution >= 4 is 35.2 Å². The van der Waals surface area contributed by atoms with E-state index in [1.54, 1.807) is 48.5 Å². The van der Waals surface area contributed by atoms with Crippen molar-refractivity contribution in [3.63, 3.8) is 0 Å². The van der Waals surface area contributed by atoms with E-state index < -0.39 is 18.5 Å². The van der Waals surface area contributed by atoms with Crippen LogP contribution in [0.2, 0.25) is 5.02 Å². The van der Waals surface area contributed by atoms with E-state index in [1.165, 1.54) is 20.3 Å². The zero-order valence-corrected chi connectivity index (χ0v) is 15.1. The molecular formula is C19H18ClNO5. The molecule has 0 aliphatic carbocycles. The van der Waals surface area contributed by atoms with Crippen LogP contribution in [0.4, 0.5) is 5.69 Å². The zero-order valence-electron chi connectivity index (χ0n) is 14.3. The van der Waals surface area contributed by atoms with Gasteiger partial charge in [0.2, 0.25) is 0 Å². The number of nitrogens with one attached hydrogen (secondary N) is 1. The number of rotatable bonds is 7. The Morgan fingerprint density at radius 2 is 1.73 bits per heavy atom. The van der Waals surface area contributed by atoms with Crippen molar-refractivity contribution in [3.05, 3.63) is 59.1 Å². The fourth-order valence-electron chi connectivity index (χ4n) is 2.03. The van der Waals surface area contributed by atoms with Crippen LogP contribution in [0.1, 0.15) is 5.56 Å². The number of amides is 1. The van der Waals surface area contributed by atoms with E-state index in [0.717, 1.165) is 5.56 Å². The molecule has 0 aromatic heterocycles. The number of benzene rings is 2. The highest BCUT2D eigenvalue weighted by Gasteiger charge is 2.09. The van der Waals surface area contributed by atoms with Gasteiger partial charge in [-0.15, -0.1) is 0 Å². The average molecular weight is 376 g/mol. The number of methoxy groups -OCH3 is 2. The molecule has 136 valence electrons. The van der Waals surface area contributed by atoms with Gasteiger partial charge < -0.3 is 19.5 Å². The van der Waals surface area contributed by atoms with Gasteiger partial charge in [-0.05, 0) is 35.9 Å². The topological polar surface area (TPSA) is 73.9 Å². The average Bonchev–Trinajstić information content (AvgIpc) is 2.65. The van der Waals surface area contributed by atoms with E-state index in [0.29, 0.717) is 22.2 Å². The lowest BCUT2D eigenvalue weighted by molar-refractivity contribution is -0.142. The molecule has 0 fully saturated rings. The summed E-state index contributed by atoms with van der Waals surface area (Å²) in [6.45, 7) is -0.405. The van der Waals surface area contributed by atoms with Crippen LogP contribution < -0.4 is 14.8 Å². The summed E-state index contributed by atoms with van der Waals surface area (Å²) in [5, 5.41) is 3.22. The number of carbonyl (C=O) groups excluding carboxylic acids is 2. The van der Waals surface area contributed by atoms with Gasteiger partial charge in [-0.3, -0.25) is 4.79 Å². The van der Waals surface area contributed by atoms with Gasteiger partial charge >= 0.3 is 5.97 Å². The standard InChI is InChI=1S/C19H18ClNO5/c1-24-16-9-8-15(11-17(16)25-2)21-18(22)12-26-19(23)10-5-13-3-6-14(20)7-4-13/h3-11H,12H2,1-2H3,(H,21,22)/b10-5+. The summed E-state index contributed by atoms with van der Waals surface area (Å²) in [6.07, 6.45) is 2.82. The van der Waals surface area contributed by atoms with Crippen molar-refractivity contribution in [2.75, 3.05) is 26.1 Å². The van der Waals surface area contributed by atoms with Gasteiger partial charge in [-0.2, -0.15) is 0 Å². The van der Waals surface area contributed by atoms with Crippen LogP contribution in [0.25, 0.3) is 6.08 Å². The molecule has 0 unspecified atom stereocenters. The minimum Gasteiger partial charge on any atom is -0.493 e. The largest absolute Gasteiger partial charge is 0.493 e. The normalized spacial score (nSPS) is 10.4. The van der Waals surface area contributed by atoms with E-state index in [2.05, 4.69) is 5.32 Å². The minimum absolute atomic E-state index is 0.405. The predicted molar refractivity (Wildman–Crippen MR) is 99.6 cm³/mol. The number of halogens is 1. The molecule has 2 aromatic rings. The molecule has 0 aliphatic heterocycles.